The molecule has 0 saturated carbocycles. The van der Waals surface area contributed by atoms with Gasteiger partial charge in [-0.1, -0.05) is 56.1 Å². The molecule has 0 aliphatic rings. The van der Waals surface area contributed by atoms with Crippen molar-refractivity contribution in [2.24, 2.45) is 0 Å². The molecule has 0 fully saturated rings. The maximum absolute atomic E-state index is 14.1. The predicted octanol–water partition coefficient (Wildman–Crippen LogP) is 5.13. The molecule has 1 nitrogen and oxygen atoms in total. The van der Waals surface area contributed by atoms with Gasteiger partial charge in [0.05, 0.1) is 6.04 Å². The summed E-state index contributed by atoms with van der Waals surface area (Å²) in [7, 11) is 0. The Labute approximate surface area is 131 Å². The van der Waals surface area contributed by atoms with E-state index in [1.807, 2.05) is 6.92 Å². The van der Waals surface area contributed by atoms with Crippen molar-refractivity contribution in [2.75, 3.05) is 6.54 Å². The van der Waals surface area contributed by atoms with Crippen LogP contribution in [0.15, 0.2) is 42.5 Å². The molecule has 0 aliphatic carbocycles. The smallest absolute Gasteiger partial charge is 0.128 e. The van der Waals surface area contributed by atoms with Crippen LogP contribution in [0.3, 0.4) is 0 Å². The SMILES string of the molecule is CCCc1ccc(C(NCC)c2cc(Cl)ccc2F)cc1. The van der Waals surface area contributed by atoms with E-state index in [0.29, 0.717) is 10.6 Å². The second-order valence-corrected chi connectivity index (χ2v) is 5.58. The Morgan fingerprint density at radius 3 is 2.43 bits per heavy atom. The number of nitrogens with one attached hydrogen (secondary N) is 1. The van der Waals surface area contributed by atoms with Gasteiger partial charge in [0.25, 0.3) is 0 Å². The highest BCUT2D eigenvalue weighted by Crippen LogP contribution is 2.27. The summed E-state index contributed by atoms with van der Waals surface area (Å²) in [4.78, 5) is 0. The first-order chi connectivity index (χ1) is 10.2. The van der Waals surface area contributed by atoms with Gasteiger partial charge in [0.1, 0.15) is 5.82 Å². The van der Waals surface area contributed by atoms with Crippen molar-refractivity contribution in [3.63, 3.8) is 0 Å². The molecule has 0 heterocycles. The number of halogens is 2. The topological polar surface area (TPSA) is 12.0 Å². The van der Waals surface area contributed by atoms with E-state index in [1.165, 1.54) is 11.6 Å². The lowest BCUT2D eigenvalue weighted by atomic mass is 9.96. The Balaban J connectivity index is 2.35. The average Bonchev–Trinajstić information content (AvgIpc) is 2.49. The zero-order valence-corrected chi connectivity index (χ0v) is 13.3. The van der Waals surface area contributed by atoms with Crippen LogP contribution in [0, 0.1) is 5.82 Å². The summed E-state index contributed by atoms with van der Waals surface area (Å²) in [6.45, 7) is 4.94. The maximum Gasteiger partial charge on any atom is 0.128 e. The molecule has 2 aromatic rings. The van der Waals surface area contributed by atoms with E-state index in [-0.39, 0.29) is 11.9 Å². The van der Waals surface area contributed by atoms with Crippen LogP contribution in [-0.4, -0.2) is 6.54 Å². The summed E-state index contributed by atoms with van der Waals surface area (Å²) >= 11 is 6.02. The molecule has 1 N–H and O–H groups in total. The first-order valence-corrected chi connectivity index (χ1v) is 7.80. The summed E-state index contributed by atoms with van der Waals surface area (Å²) in [6, 6.07) is 12.9. The quantitative estimate of drug-likeness (QED) is 0.780. The van der Waals surface area contributed by atoms with E-state index < -0.39 is 0 Å². The van der Waals surface area contributed by atoms with Crippen LogP contribution in [-0.2, 0) is 6.42 Å². The van der Waals surface area contributed by atoms with E-state index in [0.717, 1.165) is 24.9 Å². The minimum absolute atomic E-state index is 0.177. The van der Waals surface area contributed by atoms with E-state index in [2.05, 4.69) is 36.5 Å². The molecule has 0 radical (unpaired) electrons. The molecule has 3 heteroatoms. The van der Waals surface area contributed by atoms with Crippen LogP contribution in [0.2, 0.25) is 5.02 Å². The lowest BCUT2D eigenvalue weighted by Crippen LogP contribution is -2.23. The fourth-order valence-corrected chi connectivity index (χ4v) is 2.69. The van der Waals surface area contributed by atoms with Gasteiger partial charge in [0.15, 0.2) is 0 Å². The summed E-state index contributed by atoms with van der Waals surface area (Å²) in [6.07, 6.45) is 2.19. The number of rotatable bonds is 6. The second-order valence-electron chi connectivity index (χ2n) is 5.15. The Morgan fingerprint density at radius 1 is 1.10 bits per heavy atom. The molecule has 1 unspecified atom stereocenters. The fraction of sp³-hybridized carbons (Fsp3) is 0.333. The molecule has 2 aromatic carbocycles. The standard InChI is InChI=1S/C18H21ClFN/c1-3-5-13-6-8-14(9-7-13)18(21-4-2)16-12-15(19)10-11-17(16)20/h6-12,18,21H,3-5H2,1-2H3. The third kappa shape index (κ3) is 4.05. The zero-order valence-electron chi connectivity index (χ0n) is 12.5. The van der Waals surface area contributed by atoms with Gasteiger partial charge in [-0.3, -0.25) is 0 Å². The highest BCUT2D eigenvalue weighted by Gasteiger charge is 2.17. The molecule has 0 amide bonds. The van der Waals surface area contributed by atoms with E-state index in [9.17, 15) is 4.39 Å². The second kappa shape index (κ2) is 7.58. The monoisotopic (exact) mass is 305 g/mol. The summed E-state index contributed by atoms with van der Waals surface area (Å²) in [5, 5.41) is 3.89. The molecule has 0 aromatic heterocycles. The van der Waals surface area contributed by atoms with Crippen molar-refractivity contribution in [3.05, 3.63) is 70.0 Å². The Kier molecular flexibility index (Phi) is 5.77. The lowest BCUT2D eigenvalue weighted by Gasteiger charge is -2.20. The molecular weight excluding hydrogens is 285 g/mol. The van der Waals surface area contributed by atoms with Crippen LogP contribution in [0.25, 0.3) is 0 Å². The minimum atomic E-state index is -0.233. The normalized spacial score (nSPS) is 12.4. The zero-order chi connectivity index (χ0) is 15.2. The van der Waals surface area contributed by atoms with Gasteiger partial charge >= 0.3 is 0 Å². The molecular formula is C18H21ClFN. The Hall–Kier alpha value is -1.38. The van der Waals surface area contributed by atoms with Crippen LogP contribution in [0.1, 0.15) is 43.0 Å². The molecule has 1 atom stereocenters. The molecule has 0 saturated heterocycles. The molecule has 0 bridgehead atoms. The van der Waals surface area contributed by atoms with Crippen LogP contribution in [0.4, 0.5) is 4.39 Å². The summed E-state index contributed by atoms with van der Waals surface area (Å²) in [5.41, 5.74) is 2.95. The first-order valence-electron chi connectivity index (χ1n) is 7.42. The highest BCUT2D eigenvalue weighted by atomic mass is 35.5. The van der Waals surface area contributed by atoms with Crippen molar-refractivity contribution in [3.8, 4) is 0 Å². The average molecular weight is 306 g/mol. The third-order valence-electron chi connectivity index (χ3n) is 3.53. The van der Waals surface area contributed by atoms with Gasteiger partial charge in [0, 0.05) is 10.6 Å². The van der Waals surface area contributed by atoms with E-state index >= 15 is 0 Å². The minimum Gasteiger partial charge on any atom is -0.306 e. The van der Waals surface area contributed by atoms with Crippen molar-refractivity contribution in [2.45, 2.75) is 32.7 Å². The Bertz CT molecular complexity index is 580. The number of benzene rings is 2. The van der Waals surface area contributed by atoms with Crippen molar-refractivity contribution in [1.82, 2.24) is 5.32 Å². The van der Waals surface area contributed by atoms with Crippen molar-refractivity contribution >= 4 is 11.6 Å². The van der Waals surface area contributed by atoms with Gasteiger partial charge in [-0.2, -0.15) is 0 Å². The first kappa shape index (κ1) is 16.0. The van der Waals surface area contributed by atoms with Crippen molar-refractivity contribution < 1.29 is 4.39 Å². The number of aryl methyl sites for hydroxylation is 1. The van der Waals surface area contributed by atoms with Gasteiger partial charge in [-0.15, -0.1) is 0 Å². The third-order valence-corrected chi connectivity index (χ3v) is 3.76. The van der Waals surface area contributed by atoms with E-state index in [4.69, 9.17) is 11.6 Å². The predicted molar refractivity (Wildman–Crippen MR) is 87.4 cm³/mol. The van der Waals surface area contributed by atoms with Gasteiger partial charge in [0.2, 0.25) is 0 Å². The van der Waals surface area contributed by atoms with Crippen molar-refractivity contribution in [1.29, 1.82) is 0 Å². The van der Waals surface area contributed by atoms with Crippen LogP contribution < -0.4 is 5.32 Å². The molecule has 21 heavy (non-hydrogen) atoms. The largest absolute Gasteiger partial charge is 0.306 e. The Morgan fingerprint density at radius 2 is 1.81 bits per heavy atom. The fourth-order valence-electron chi connectivity index (χ4n) is 2.51. The van der Waals surface area contributed by atoms with Crippen LogP contribution >= 0.6 is 11.6 Å². The van der Waals surface area contributed by atoms with Gasteiger partial charge in [-0.25, -0.2) is 4.39 Å². The molecule has 0 spiro atoms. The number of hydrogen-bond donors (Lipinski definition) is 1. The maximum atomic E-state index is 14.1. The summed E-state index contributed by atoms with van der Waals surface area (Å²) < 4.78 is 14.1. The summed E-state index contributed by atoms with van der Waals surface area (Å²) in [5.74, 6) is -0.233. The van der Waals surface area contributed by atoms with Gasteiger partial charge < -0.3 is 5.32 Å². The highest BCUT2D eigenvalue weighted by molar-refractivity contribution is 6.30. The number of hydrogen-bond acceptors (Lipinski definition) is 1. The molecule has 112 valence electrons. The van der Waals surface area contributed by atoms with E-state index in [1.54, 1.807) is 12.1 Å². The molecule has 2 rings (SSSR count). The van der Waals surface area contributed by atoms with Gasteiger partial charge in [-0.05, 0) is 42.3 Å². The molecule has 0 aliphatic heterocycles. The van der Waals surface area contributed by atoms with Crippen LogP contribution in [0.5, 0.6) is 0 Å². The lowest BCUT2D eigenvalue weighted by molar-refractivity contribution is 0.559.